The van der Waals surface area contributed by atoms with Crippen LogP contribution in [0.25, 0.3) is 182 Å². The van der Waals surface area contributed by atoms with Gasteiger partial charge in [-0.05, 0) is 248 Å². The van der Waals surface area contributed by atoms with Crippen molar-refractivity contribution in [2.75, 3.05) is 0 Å². The van der Waals surface area contributed by atoms with Crippen LogP contribution in [0.1, 0.15) is 72.6 Å². The lowest BCUT2D eigenvalue weighted by Gasteiger charge is -2.21. The second kappa shape index (κ2) is 25.2. The zero-order valence-electron chi connectivity index (χ0n) is 63.9. The van der Waals surface area contributed by atoms with Crippen molar-refractivity contribution in [3.63, 3.8) is 0 Å². The van der Waals surface area contributed by atoms with Gasteiger partial charge in [0, 0.05) is 66.1 Å². The van der Waals surface area contributed by atoms with E-state index in [-0.39, 0.29) is 16.7 Å². The molecule has 18 aromatic carbocycles. The van der Waals surface area contributed by atoms with Crippen LogP contribution in [0.4, 0.5) is 0 Å². The van der Waals surface area contributed by atoms with Gasteiger partial charge in [-0.15, -0.1) is 0 Å². The van der Waals surface area contributed by atoms with Crippen molar-refractivity contribution < 1.29 is 0 Å². The van der Waals surface area contributed by atoms with Crippen molar-refractivity contribution in [3.8, 4) is 95.0 Å². The summed E-state index contributed by atoms with van der Waals surface area (Å²) in [5.74, 6) is 0.207. The van der Waals surface area contributed by atoms with Gasteiger partial charge in [-0.3, -0.25) is 0 Å². The highest BCUT2D eigenvalue weighted by atomic mass is 15.0. The maximum Gasteiger partial charge on any atom is 0.0547 e. The first-order valence-electron chi connectivity index (χ1n) is 40.0. The van der Waals surface area contributed by atoms with Crippen LogP contribution < -0.4 is 0 Å². The monoisotopic (exact) mass is 1450 g/mol. The Morgan fingerprint density at radius 2 is 0.579 bits per heavy atom. The molecule has 3 aliphatic carbocycles. The molecule has 1 unspecified atom stereocenters. The fourth-order valence-corrected chi connectivity index (χ4v) is 20.1. The van der Waals surface area contributed by atoms with Crippen molar-refractivity contribution in [2.45, 2.75) is 44.4 Å². The number of rotatable bonds is 8. The molecule has 0 bridgehead atoms. The van der Waals surface area contributed by atoms with Crippen LogP contribution in [-0.4, -0.2) is 13.7 Å². The molecule has 3 heterocycles. The molecule has 1 atom stereocenters. The number of fused-ring (bicyclic) bond motifs is 20. The van der Waals surface area contributed by atoms with Gasteiger partial charge in [0.2, 0.25) is 0 Å². The Morgan fingerprint density at radius 1 is 0.193 bits per heavy atom. The maximum atomic E-state index is 2.50. The van der Waals surface area contributed by atoms with Gasteiger partial charge < -0.3 is 13.7 Å². The number of aromatic nitrogens is 3. The number of nitrogens with zero attached hydrogens (tertiary/aromatic N) is 3. The molecule has 0 saturated carbocycles. The van der Waals surface area contributed by atoms with Crippen molar-refractivity contribution in [1.82, 2.24) is 13.7 Å². The van der Waals surface area contributed by atoms with Crippen LogP contribution in [0, 0.1) is 0 Å². The molecule has 3 nitrogen and oxygen atoms in total. The van der Waals surface area contributed by atoms with E-state index in [1.54, 1.807) is 0 Å². The van der Waals surface area contributed by atoms with Crippen LogP contribution >= 0.6 is 0 Å². The Labute approximate surface area is 662 Å². The molecule has 114 heavy (non-hydrogen) atoms. The van der Waals surface area contributed by atoms with Crippen molar-refractivity contribution >= 4 is 87.0 Å². The van der Waals surface area contributed by atoms with E-state index in [1.807, 2.05) is 0 Å². The minimum Gasteiger partial charge on any atom is -0.309 e. The van der Waals surface area contributed by atoms with E-state index >= 15 is 0 Å². The van der Waals surface area contributed by atoms with E-state index in [0.29, 0.717) is 0 Å². The Hall–Kier alpha value is -14.1. The summed E-state index contributed by atoms with van der Waals surface area (Å²) < 4.78 is 7.37. The molecule has 3 heteroatoms. The lowest BCUT2D eigenvalue weighted by Crippen LogP contribution is -2.14. The number of hydrogen-bond donors (Lipinski definition) is 0. The van der Waals surface area contributed by atoms with E-state index in [4.69, 9.17) is 0 Å². The van der Waals surface area contributed by atoms with Crippen molar-refractivity contribution in [1.29, 1.82) is 0 Å². The Kier molecular flexibility index (Phi) is 14.5. The summed E-state index contributed by atoms with van der Waals surface area (Å²) in [5.41, 5.74) is 38.2. The molecule has 0 saturated heterocycles. The van der Waals surface area contributed by atoms with Crippen molar-refractivity contribution in [3.05, 3.63) is 427 Å². The first-order valence-corrected chi connectivity index (χ1v) is 40.0. The summed E-state index contributed by atoms with van der Waals surface area (Å²) in [6.07, 6.45) is 0. The van der Waals surface area contributed by atoms with Gasteiger partial charge in [0.15, 0.2) is 0 Å². The topological polar surface area (TPSA) is 14.8 Å². The normalized spacial score (nSPS) is 14.0. The summed E-state index contributed by atoms with van der Waals surface area (Å²) in [5, 5.41) is 12.7. The largest absolute Gasteiger partial charge is 0.309 e. The molecule has 0 radical (unpaired) electrons. The van der Waals surface area contributed by atoms with Gasteiger partial charge in [0.05, 0.1) is 33.1 Å². The highest BCUT2D eigenvalue weighted by molar-refractivity contribution is 6.16. The molecule has 536 valence electrons. The molecule has 0 N–H and O–H groups in total. The molecule has 0 aliphatic heterocycles. The molecule has 3 aliphatic rings. The first-order chi connectivity index (χ1) is 56.0. The van der Waals surface area contributed by atoms with Gasteiger partial charge in [0.1, 0.15) is 0 Å². The summed E-state index contributed by atoms with van der Waals surface area (Å²) in [6.45, 7) is 9.50. The second-order valence-corrected chi connectivity index (χ2v) is 32.7. The smallest absolute Gasteiger partial charge is 0.0547 e. The van der Waals surface area contributed by atoms with E-state index in [0.717, 1.165) is 0 Å². The second-order valence-electron chi connectivity index (χ2n) is 32.7. The zero-order valence-corrected chi connectivity index (χ0v) is 63.9. The summed E-state index contributed by atoms with van der Waals surface area (Å²) in [4.78, 5) is 0. The molecular formula is C111H77N3. The van der Waals surface area contributed by atoms with Crippen LogP contribution in [0.3, 0.4) is 0 Å². The summed E-state index contributed by atoms with van der Waals surface area (Å²) in [6, 6.07) is 145. The number of para-hydroxylation sites is 1. The maximum absolute atomic E-state index is 2.50. The third-order valence-electron chi connectivity index (χ3n) is 25.8. The molecule has 24 rings (SSSR count). The average molecular weight is 1450 g/mol. The number of hydrogen-bond acceptors (Lipinski definition) is 0. The zero-order chi connectivity index (χ0) is 75.7. The van der Waals surface area contributed by atoms with Gasteiger partial charge in [-0.2, -0.15) is 0 Å². The highest BCUT2D eigenvalue weighted by Gasteiger charge is 2.39. The standard InChI is InChI=1S/C56H39N.C55H38N2/c1-56(2)51-19-11-10-17-44(51)48-34-54-50(33-52(48)56)49-32-40(25-29-53(49)57(54)42-26-22-37(23-27-42)35-12-4-3-5-13-35)39-24-28-46-47(31-39)43-16-8-9-18-45(43)55(46)41-21-20-36-14-6-7-15-38(36)30-41;1-55(2)49-18-10-8-16-43(49)45-33-48-47-32-40(24-29-53(47)56(54(48)34-50(45)55)41-25-20-37(21-26-41)35-12-4-3-5-13-35)39-23-28-52-46(31-39)44-17-9-11-19-51(44)57(52)42-27-22-36-14-6-7-15-38(36)30-42/h3-34,55H,1-2H3;3-34H,1-2H3. The van der Waals surface area contributed by atoms with Gasteiger partial charge >= 0.3 is 0 Å². The lowest BCUT2D eigenvalue weighted by molar-refractivity contribution is 0.661. The van der Waals surface area contributed by atoms with Crippen LogP contribution in [0.2, 0.25) is 0 Å². The fourth-order valence-electron chi connectivity index (χ4n) is 20.1. The van der Waals surface area contributed by atoms with Gasteiger partial charge in [-0.1, -0.05) is 307 Å². The first kappa shape index (κ1) is 65.7. The Balaban J connectivity index is 0.000000135. The van der Waals surface area contributed by atoms with Crippen molar-refractivity contribution in [2.24, 2.45) is 0 Å². The molecule has 0 amide bonds. The summed E-state index contributed by atoms with van der Waals surface area (Å²) in [7, 11) is 0. The molecular weight excluding hydrogens is 1380 g/mol. The quantitative estimate of drug-likeness (QED) is 0.144. The highest BCUT2D eigenvalue weighted by Crippen LogP contribution is 2.55. The third kappa shape index (κ3) is 10.1. The van der Waals surface area contributed by atoms with Crippen LogP contribution in [0.15, 0.2) is 388 Å². The molecule has 21 aromatic rings. The number of benzene rings is 18. The van der Waals surface area contributed by atoms with E-state index < -0.39 is 0 Å². The van der Waals surface area contributed by atoms with E-state index in [1.165, 1.54) is 221 Å². The lowest BCUT2D eigenvalue weighted by atomic mass is 9.82. The molecule has 0 fully saturated rings. The van der Waals surface area contributed by atoms with Crippen LogP contribution in [0.5, 0.6) is 0 Å². The minimum absolute atomic E-state index is 0.0849. The summed E-state index contributed by atoms with van der Waals surface area (Å²) >= 11 is 0. The minimum atomic E-state index is -0.0921. The SMILES string of the molecule is CC1(C)c2ccccc2-c2cc3c(cc21)c1cc(-c2ccc4c(c2)-c2ccccc2C4c2ccc4ccccc4c2)ccc1n3-c1ccc(-c2ccccc2)cc1.CC1(C)c2ccccc2-c2cc3c4cc(-c5ccc6c(c5)c5ccccc5n6-c5ccc6ccccc6c5)ccc4n(-c4ccc(-c5ccccc5)cc4)c3cc21. The van der Waals surface area contributed by atoms with E-state index in [9.17, 15) is 0 Å². The van der Waals surface area contributed by atoms with Gasteiger partial charge in [0.25, 0.3) is 0 Å². The average Bonchev–Trinajstić information content (AvgIpc) is 1.55. The molecule has 0 spiro atoms. The van der Waals surface area contributed by atoms with Gasteiger partial charge in [-0.25, -0.2) is 0 Å². The Bertz CT molecular complexity index is 7570. The third-order valence-corrected chi connectivity index (χ3v) is 25.8. The molecule has 3 aromatic heterocycles. The Morgan fingerprint density at radius 3 is 1.18 bits per heavy atom. The van der Waals surface area contributed by atoms with Crippen LogP contribution in [-0.2, 0) is 10.8 Å². The predicted octanol–water partition coefficient (Wildman–Crippen LogP) is 29.4. The van der Waals surface area contributed by atoms with E-state index in [2.05, 4.69) is 430 Å². The fraction of sp³-hybridized carbons (Fsp3) is 0.0631. The predicted molar refractivity (Wildman–Crippen MR) is 481 cm³/mol.